The molecule has 0 amide bonds. The number of thioether (sulfide) groups is 1. The number of hydrogen-bond donors (Lipinski definition) is 0. The summed E-state index contributed by atoms with van der Waals surface area (Å²) in [4.78, 5) is 16.4. The molecule has 2 aromatic carbocycles. The first-order valence-electron chi connectivity index (χ1n) is 6.30. The van der Waals surface area contributed by atoms with Crippen LogP contribution in [0.4, 0.5) is 0 Å². The first kappa shape index (κ1) is 15.8. The highest BCUT2D eigenvalue weighted by atomic mass is 79.9. The summed E-state index contributed by atoms with van der Waals surface area (Å²) in [7, 11) is 0. The SMILES string of the molecule is Cc1ccc(C(=O)CSc2nc3ccccc3o2)cc1.[Br-]. The van der Waals surface area contributed by atoms with Crippen LogP contribution < -0.4 is 17.0 Å². The molecular formula is C16H13BrNO2S-. The van der Waals surface area contributed by atoms with Crippen molar-refractivity contribution in [2.45, 2.75) is 12.1 Å². The number of carbonyl (C=O) groups is 1. The van der Waals surface area contributed by atoms with E-state index in [1.165, 1.54) is 11.8 Å². The van der Waals surface area contributed by atoms with Crippen molar-refractivity contribution < 1.29 is 26.2 Å². The second-order valence-corrected chi connectivity index (χ2v) is 5.45. The van der Waals surface area contributed by atoms with Crippen LogP contribution in [-0.4, -0.2) is 16.5 Å². The molecule has 5 heteroatoms. The fourth-order valence-corrected chi connectivity index (χ4v) is 2.60. The lowest BCUT2D eigenvalue weighted by atomic mass is 10.1. The Bertz CT molecular complexity index is 719. The Morgan fingerprint density at radius 3 is 2.57 bits per heavy atom. The molecule has 0 unspecified atom stereocenters. The lowest BCUT2D eigenvalue weighted by Gasteiger charge is -1.99. The number of halogens is 1. The Hall–Kier alpha value is -1.59. The predicted octanol–water partition coefficient (Wildman–Crippen LogP) is 1.12. The van der Waals surface area contributed by atoms with Gasteiger partial charge in [-0.1, -0.05) is 53.7 Å². The molecule has 1 heterocycles. The van der Waals surface area contributed by atoms with Gasteiger partial charge in [-0.05, 0) is 19.1 Å². The molecule has 1 aromatic heterocycles. The highest BCUT2D eigenvalue weighted by Gasteiger charge is 2.10. The van der Waals surface area contributed by atoms with E-state index in [0.717, 1.165) is 22.2 Å². The average Bonchev–Trinajstić information content (AvgIpc) is 2.88. The summed E-state index contributed by atoms with van der Waals surface area (Å²) in [6.45, 7) is 2.00. The standard InChI is InChI=1S/C16H13NO2S.BrH/c1-11-6-8-12(9-7-11)14(18)10-20-16-17-13-4-2-3-5-15(13)19-16;/h2-9H,10H2,1H3;1H/p-1. The van der Waals surface area contributed by atoms with E-state index in [2.05, 4.69) is 4.98 Å². The van der Waals surface area contributed by atoms with Crippen molar-refractivity contribution in [3.63, 3.8) is 0 Å². The minimum atomic E-state index is 0. The molecule has 0 N–H and O–H groups in total. The molecule has 0 atom stereocenters. The van der Waals surface area contributed by atoms with Gasteiger partial charge in [-0.2, -0.15) is 0 Å². The minimum absolute atomic E-state index is 0. The van der Waals surface area contributed by atoms with Gasteiger partial charge in [-0.3, -0.25) is 4.79 Å². The summed E-state index contributed by atoms with van der Waals surface area (Å²) in [5.41, 5.74) is 3.43. The Balaban J connectivity index is 0.00000161. The van der Waals surface area contributed by atoms with Gasteiger partial charge in [0.15, 0.2) is 11.4 Å². The van der Waals surface area contributed by atoms with E-state index in [0.29, 0.717) is 11.0 Å². The van der Waals surface area contributed by atoms with E-state index in [9.17, 15) is 4.79 Å². The van der Waals surface area contributed by atoms with Gasteiger partial charge in [-0.15, -0.1) is 0 Å². The van der Waals surface area contributed by atoms with Crippen LogP contribution in [0.3, 0.4) is 0 Å². The number of hydrogen-bond acceptors (Lipinski definition) is 4. The smallest absolute Gasteiger partial charge is 0.257 e. The van der Waals surface area contributed by atoms with Crippen molar-refractivity contribution >= 4 is 28.6 Å². The lowest BCUT2D eigenvalue weighted by molar-refractivity contribution is -0.0000123. The van der Waals surface area contributed by atoms with Gasteiger partial charge >= 0.3 is 0 Å². The van der Waals surface area contributed by atoms with E-state index in [1.54, 1.807) is 0 Å². The number of carbonyl (C=O) groups excluding carboxylic acids is 1. The molecule has 0 aliphatic rings. The third kappa shape index (κ3) is 3.74. The third-order valence-electron chi connectivity index (χ3n) is 2.97. The molecule has 0 bridgehead atoms. The number of aromatic nitrogens is 1. The monoisotopic (exact) mass is 362 g/mol. The number of nitrogens with zero attached hydrogens (tertiary/aromatic N) is 1. The Kier molecular flexibility index (Phi) is 5.20. The van der Waals surface area contributed by atoms with Crippen molar-refractivity contribution in [3.05, 3.63) is 59.7 Å². The molecule has 21 heavy (non-hydrogen) atoms. The summed E-state index contributed by atoms with van der Waals surface area (Å²) in [6.07, 6.45) is 0. The topological polar surface area (TPSA) is 43.1 Å². The maximum Gasteiger partial charge on any atom is 0.257 e. The number of oxazole rings is 1. The number of aryl methyl sites for hydroxylation is 1. The second kappa shape index (κ2) is 6.91. The number of fused-ring (bicyclic) bond motifs is 1. The molecular weight excluding hydrogens is 350 g/mol. The van der Waals surface area contributed by atoms with Crippen LogP contribution in [0.1, 0.15) is 15.9 Å². The van der Waals surface area contributed by atoms with Crippen LogP contribution in [0.25, 0.3) is 11.1 Å². The maximum absolute atomic E-state index is 12.1. The number of Topliss-reactive ketones (excluding diaryl/α,β-unsaturated/α-hetero) is 1. The molecule has 108 valence electrons. The largest absolute Gasteiger partial charge is 1.00 e. The first-order chi connectivity index (χ1) is 9.72. The Morgan fingerprint density at radius 2 is 1.86 bits per heavy atom. The predicted molar refractivity (Wildman–Crippen MR) is 80.2 cm³/mol. The van der Waals surface area contributed by atoms with E-state index in [1.807, 2.05) is 55.5 Å². The first-order valence-corrected chi connectivity index (χ1v) is 7.29. The summed E-state index contributed by atoms with van der Waals surface area (Å²) >= 11 is 1.33. The summed E-state index contributed by atoms with van der Waals surface area (Å²) < 4.78 is 5.57. The van der Waals surface area contributed by atoms with Crippen LogP contribution in [0, 0.1) is 6.92 Å². The van der Waals surface area contributed by atoms with Crippen LogP contribution in [0.5, 0.6) is 0 Å². The number of rotatable bonds is 4. The zero-order valence-electron chi connectivity index (χ0n) is 11.4. The number of ketones is 1. The highest BCUT2D eigenvalue weighted by Crippen LogP contribution is 2.23. The lowest BCUT2D eigenvalue weighted by Crippen LogP contribution is -3.00. The molecule has 0 fully saturated rings. The third-order valence-corrected chi connectivity index (χ3v) is 3.80. The van der Waals surface area contributed by atoms with Gasteiger partial charge in [0.25, 0.3) is 5.22 Å². The maximum atomic E-state index is 12.1. The van der Waals surface area contributed by atoms with Crippen molar-refractivity contribution in [1.29, 1.82) is 0 Å². The van der Waals surface area contributed by atoms with Crippen LogP contribution in [0.15, 0.2) is 58.2 Å². The quantitative estimate of drug-likeness (QED) is 0.515. The zero-order valence-corrected chi connectivity index (χ0v) is 13.8. The Morgan fingerprint density at radius 1 is 1.14 bits per heavy atom. The van der Waals surface area contributed by atoms with Crippen LogP contribution in [-0.2, 0) is 0 Å². The fraction of sp³-hybridized carbons (Fsp3) is 0.125. The van der Waals surface area contributed by atoms with E-state index < -0.39 is 0 Å². The molecule has 0 aliphatic carbocycles. The normalized spacial score (nSPS) is 10.3. The molecule has 3 nitrogen and oxygen atoms in total. The molecule has 0 radical (unpaired) electrons. The van der Waals surface area contributed by atoms with Gasteiger partial charge in [0.2, 0.25) is 0 Å². The molecule has 0 saturated heterocycles. The van der Waals surface area contributed by atoms with Crippen molar-refractivity contribution in [2.75, 3.05) is 5.75 Å². The molecule has 3 rings (SSSR count). The van der Waals surface area contributed by atoms with Crippen LogP contribution >= 0.6 is 11.8 Å². The molecule has 3 aromatic rings. The van der Waals surface area contributed by atoms with Crippen LogP contribution in [0.2, 0.25) is 0 Å². The second-order valence-electron chi connectivity index (χ2n) is 4.53. The van der Waals surface area contributed by atoms with Gasteiger partial charge in [-0.25, -0.2) is 4.98 Å². The van der Waals surface area contributed by atoms with Crippen molar-refractivity contribution in [3.8, 4) is 0 Å². The summed E-state index contributed by atoms with van der Waals surface area (Å²) in [5.74, 6) is 0.410. The Labute approximate surface area is 137 Å². The minimum Gasteiger partial charge on any atom is -1.00 e. The average molecular weight is 363 g/mol. The number of para-hydroxylation sites is 2. The van der Waals surface area contributed by atoms with Gasteiger partial charge in [0.05, 0.1) is 5.75 Å². The van der Waals surface area contributed by atoms with Crippen molar-refractivity contribution in [1.82, 2.24) is 4.98 Å². The molecule has 0 saturated carbocycles. The summed E-state index contributed by atoms with van der Waals surface area (Å²) in [5, 5.41) is 0.534. The van der Waals surface area contributed by atoms with E-state index in [4.69, 9.17) is 4.42 Å². The van der Waals surface area contributed by atoms with Gasteiger partial charge in [0, 0.05) is 5.56 Å². The van der Waals surface area contributed by atoms with Gasteiger partial charge < -0.3 is 21.4 Å². The molecule has 0 aliphatic heterocycles. The fourth-order valence-electron chi connectivity index (χ4n) is 1.86. The highest BCUT2D eigenvalue weighted by molar-refractivity contribution is 7.99. The zero-order chi connectivity index (χ0) is 13.9. The number of benzene rings is 2. The van der Waals surface area contributed by atoms with Crippen molar-refractivity contribution in [2.24, 2.45) is 0 Å². The van der Waals surface area contributed by atoms with E-state index in [-0.39, 0.29) is 22.8 Å². The van der Waals surface area contributed by atoms with Gasteiger partial charge in [0.1, 0.15) is 5.52 Å². The molecule has 0 spiro atoms. The van der Waals surface area contributed by atoms with E-state index >= 15 is 0 Å². The summed E-state index contributed by atoms with van der Waals surface area (Å²) in [6, 6.07) is 15.2.